The predicted octanol–water partition coefficient (Wildman–Crippen LogP) is 1.01. The summed E-state index contributed by atoms with van der Waals surface area (Å²) in [6.45, 7) is 6.93. The van der Waals surface area contributed by atoms with Gasteiger partial charge in [0.05, 0.1) is 32.8 Å². The molecule has 1 aliphatic heterocycles. The van der Waals surface area contributed by atoms with Crippen LogP contribution in [0.25, 0.3) is 0 Å². The van der Waals surface area contributed by atoms with E-state index >= 15 is 0 Å². The third-order valence-electron chi connectivity index (χ3n) is 2.75. The average Bonchev–Trinajstić information content (AvgIpc) is 1.94. The Labute approximate surface area is 87.3 Å². The van der Waals surface area contributed by atoms with E-state index in [0.717, 1.165) is 17.4 Å². The maximum atomic E-state index is 9.86. The molecule has 1 N–H and O–H groups in total. The van der Waals surface area contributed by atoms with Crippen molar-refractivity contribution in [2.75, 3.05) is 27.7 Å². The smallest absolute Gasteiger partial charge is 0.117 e. The molecule has 84 valence electrons. The number of hydrogen-bond donors (Lipinski definition) is 1. The number of ether oxygens (including phenoxy) is 1. The van der Waals surface area contributed by atoms with Gasteiger partial charge in [-0.2, -0.15) is 0 Å². The zero-order valence-electron chi connectivity index (χ0n) is 10.3. The first-order chi connectivity index (χ1) is 6.04. The SMILES string of the molecule is CC1(C[N+](C)(C)C)C[C@@H](O)C(C)(C)O1. The summed E-state index contributed by atoms with van der Waals surface area (Å²) >= 11 is 0. The minimum Gasteiger partial charge on any atom is -0.390 e. The highest BCUT2D eigenvalue weighted by Crippen LogP contribution is 2.38. The van der Waals surface area contributed by atoms with Crippen molar-refractivity contribution in [3.63, 3.8) is 0 Å². The molecular formula is C11H24NO2+. The van der Waals surface area contributed by atoms with Crippen molar-refractivity contribution in [2.45, 2.75) is 44.5 Å². The number of aliphatic hydroxyl groups is 1. The van der Waals surface area contributed by atoms with E-state index < -0.39 is 5.60 Å². The molecule has 3 heteroatoms. The second kappa shape index (κ2) is 3.19. The van der Waals surface area contributed by atoms with Crippen LogP contribution < -0.4 is 0 Å². The van der Waals surface area contributed by atoms with Gasteiger partial charge in [0.25, 0.3) is 0 Å². The lowest BCUT2D eigenvalue weighted by Gasteiger charge is -2.34. The van der Waals surface area contributed by atoms with Gasteiger partial charge in [0.15, 0.2) is 0 Å². The summed E-state index contributed by atoms with van der Waals surface area (Å²) in [5.41, 5.74) is -0.592. The lowest BCUT2D eigenvalue weighted by Crippen LogP contribution is -2.48. The van der Waals surface area contributed by atoms with Crippen LogP contribution in [0.15, 0.2) is 0 Å². The summed E-state index contributed by atoms with van der Waals surface area (Å²) in [7, 11) is 6.44. The molecule has 0 aromatic heterocycles. The van der Waals surface area contributed by atoms with Crippen LogP contribution in [0.5, 0.6) is 0 Å². The van der Waals surface area contributed by atoms with E-state index in [-0.39, 0.29) is 11.7 Å². The van der Waals surface area contributed by atoms with Gasteiger partial charge in [0.1, 0.15) is 12.1 Å². The molecule has 0 aromatic rings. The van der Waals surface area contributed by atoms with Crippen LogP contribution in [-0.4, -0.2) is 54.6 Å². The van der Waals surface area contributed by atoms with Gasteiger partial charge in [0, 0.05) is 6.42 Å². The fourth-order valence-corrected chi connectivity index (χ4v) is 2.50. The molecule has 1 saturated heterocycles. The molecule has 3 nitrogen and oxygen atoms in total. The van der Waals surface area contributed by atoms with Gasteiger partial charge in [-0.25, -0.2) is 0 Å². The first-order valence-electron chi connectivity index (χ1n) is 5.23. The Bertz CT molecular complexity index is 216. The molecule has 1 heterocycles. The van der Waals surface area contributed by atoms with E-state index in [1.807, 2.05) is 13.8 Å². The first kappa shape index (κ1) is 12.0. The zero-order chi connectivity index (χ0) is 11.2. The number of quaternary nitrogens is 1. The largest absolute Gasteiger partial charge is 0.390 e. The summed E-state index contributed by atoms with van der Waals surface area (Å²) in [6, 6.07) is 0. The summed E-state index contributed by atoms with van der Waals surface area (Å²) in [6.07, 6.45) is 0.384. The van der Waals surface area contributed by atoms with Crippen LogP contribution in [0.1, 0.15) is 27.2 Å². The monoisotopic (exact) mass is 202 g/mol. The molecular weight excluding hydrogens is 178 g/mol. The molecule has 0 amide bonds. The topological polar surface area (TPSA) is 29.5 Å². The molecule has 0 saturated carbocycles. The number of rotatable bonds is 2. The van der Waals surface area contributed by atoms with E-state index in [1.165, 1.54) is 0 Å². The molecule has 14 heavy (non-hydrogen) atoms. The molecule has 1 aliphatic rings. The maximum absolute atomic E-state index is 9.86. The first-order valence-corrected chi connectivity index (χ1v) is 5.23. The standard InChI is InChI=1S/C11H24NO2/c1-10(2)9(13)7-11(3,14-10)8-12(4,5)6/h9,13H,7-8H2,1-6H3/q+1/t9-,11?/m1/s1. The Morgan fingerprint density at radius 1 is 1.29 bits per heavy atom. The van der Waals surface area contributed by atoms with Crippen molar-refractivity contribution in [2.24, 2.45) is 0 Å². The highest BCUT2D eigenvalue weighted by molar-refractivity contribution is 4.96. The fraction of sp³-hybridized carbons (Fsp3) is 1.00. The Balaban J connectivity index is 2.71. The Morgan fingerprint density at radius 2 is 1.79 bits per heavy atom. The molecule has 0 aromatic carbocycles. The third-order valence-corrected chi connectivity index (χ3v) is 2.75. The van der Waals surface area contributed by atoms with Crippen molar-refractivity contribution in [1.29, 1.82) is 0 Å². The van der Waals surface area contributed by atoms with E-state index in [9.17, 15) is 5.11 Å². The maximum Gasteiger partial charge on any atom is 0.117 e. The minimum atomic E-state index is -0.399. The molecule has 0 radical (unpaired) electrons. The van der Waals surface area contributed by atoms with Crippen LogP contribution in [0, 0.1) is 0 Å². The van der Waals surface area contributed by atoms with Crippen molar-refractivity contribution in [3.05, 3.63) is 0 Å². The van der Waals surface area contributed by atoms with E-state index in [4.69, 9.17) is 4.74 Å². The normalized spacial score (nSPS) is 37.5. The molecule has 0 bridgehead atoms. The van der Waals surface area contributed by atoms with Gasteiger partial charge in [-0.05, 0) is 20.8 Å². The van der Waals surface area contributed by atoms with Gasteiger partial charge in [-0.3, -0.25) is 0 Å². The van der Waals surface area contributed by atoms with Crippen molar-refractivity contribution in [1.82, 2.24) is 0 Å². The lowest BCUT2D eigenvalue weighted by molar-refractivity contribution is -0.876. The number of hydrogen-bond acceptors (Lipinski definition) is 2. The van der Waals surface area contributed by atoms with E-state index in [2.05, 4.69) is 28.1 Å². The summed E-state index contributed by atoms with van der Waals surface area (Å²) in [4.78, 5) is 0. The van der Waals surface area contributed by atoms with Gasteiger partial charge >= 0.3 is 0 Å². The zero-order valence-corrected chi connectivity index (χ0v) is 10.3. The number of likely N-dealkylation sites (N-methyl/N-ethyl adjacent to an activating group) is 1. The highest BCUT2D eigenvalue weighted by Gasteiger charge is 2.49. The quantitative estimate of drug-likeness (QED) is 0.677. The Hall–Kier alpha value is -0.120. The predicted molar refractivity (Wildman–Crippen MR) is 57.1 cm³/mol. The second-order valence-corrected chi connectivity index (χ2v) is 6.32. The summed E-state index contributed by atoms with van der Waals surface area (Å²) in [5, 5.41) is 9.86. The molecule has 1 unspecified atom stereocenters. The number of nitrogens with zero attached hydrogens (tertiary/aromatic N) is 1. The molecule has 0 spiro atoms. The fourth-order valence-electron chi connectivity index (χ4n) is 2.50. The molecule has 1 rings (SSSR count). The van der Waals surface area contributed by atoms with Crippen LogP contribution in [0.3, 0.4) is 0 Å². The molecule has 2 atom stereocenters. The van der Waals surface area contributed by atoms with Gasteiger partial charge in [-0.15, -0.1) is 0 Å². The van der Waals surface area contributed by atoms with Crippen molar-refractivity contribution < 1.29 is 14.3 Å². The molecule has 0 aliphatic carbocycles. The third kappa shape index (κ3) is 2.69. The van der Waals surface area contributed by atoms with Crippen LogP contribution in [-0.2, 0) is 4.74 Å². The number of aliphatic hydroxyl groups excluding tert-OH is 1. The van der Waals surface area contributed by atoms with E-state index in [1.54, 1.807) is 0 Å². The van der Waals surface area contributed by atoms with Crippen LogP contribution in [0.2, 0.25) is 0 Å². The van der Waals surface area contributed by atoms with Crippen LogP contribution >= 0.6 is 0 Å². The minimum absolute atomic E-state index is 0.193. The molecule has 1 fully saturated rings. The second-order valence-electron chi connectivity index (χ2n) is 6.32. The van der Waals surface area contributed by atoms with Crippen molar-refractivity contribution in [3.8, 4) is 0 Å². The summed E-state index contributed by atoms with van der Waals surface area (Å²) < 4.78 is 6.82. The Morgan fingerprint density at radius 3 is 2.07 bits per heavy atom. The lowest BCUT2D eigenvalue weighted by atomic mass is 9.95. The van der Waals surface area contributed by atoms with Gasteiger partial charge in [0.2, 0.25) is 0 Å². The van der Waals surface area contributed by atoms with Crippen LogP contribution in [0.4, 0.5) is 0 Å². The summed E-state index contributed by atoms with van der Waals surface area (Å²) in [5.74, 6) is 0. The van der Waals surface area contributed by atoms with Gasteiger partial charge < -0.3 is 14.3 Å². The van der Waals surface area contributed by atoms with Gasteiger partial charge in [-0.1, -0.05) is 0 Å². The Kier molecular flexibility index (Phi) is 2.72. The highest BCUT2D eigenvalue weighted by atomic mass is 16.5. The van der Waals surface area contributed by atoms with Crippen molar-refractivity contribution >= 4 is 0 Å². The average molecular weight is 202 g/mol. The van der Waals surface area contributed by atoms with E-state index in [0.29, 0.717) is 0 Å².